The Labute approximate surface area is 138 Å². The van der Waals surface area contributed by atoms with Crippen LogP contribution < -0.4 is 10.5 Å². The van der Waals surface area contributed by atoms with Gasteiger partial charge in [-0.05, 0) is 19.1 Å². The van der Waals surface area contributed by atoms with Crippen LogP contribution in [0.2, 0.25) is 0 Å². The molecule has 4 aromatic rings. The summed E-state index contributed by atoms with van der Waals surface area (Å²) in [6, 6.07) is 4.15. The molecule has 0 fully saturated rings. The highest BCUT2D eigenvalue weighted by molar-refractivity contribution is 7.89. The number of sulfonamides is 1. The van der Waals surface area contributed by atoms with Crippen molar-refractivity contribution in [1.29, 1.82) is 0 Å². The minimum absolute atomic E-state index is 0.00284. The number of aromatic nitrogens is 5. The number of rotatable bonds is 4. The third-order valence-corrected chi connectivity index (χ3v) is 5.60. The normalized spacial score (nSPS) is 12.4. The molecule has 0 saturated carbocycles. The summed E-state index contributed by atoms with van der Waals surface area (Å²) in [4.78, 5) is 14.2. The van der Waals surface area contributed by atoms with E-state index in [1.807, 2.05) is 0 Å². The van der Waals surface area contributed by atoms with E-state index in [0.717, 1.165) is 0 Å². The maximum absolute atomic E-state index is 12.4. The van der Waals surface area contributed by atoms with Crippen LogP contribution in [0.1, 0.15) is 10.8 Å². The van der Waals surface area contributed by atoms with Crippen molar-refractivity contribution in [2.45, 2.75) is 18.4 Å². The quantitative estimate of drug-likeness (QED) is 0.534. The van der Waals surface area contributed by atoms with Crippen molar-refractivity contribution in [3.63, 3.8) is 0 Å². The fourth-order valence-electron chi connectivity index (χ4n) is 2.16. The van der Waals surface area contributed by atoms with Crippen LogP contribution in [-0.4, -0.2) is 33.2 Å². The second-order valence-corrected chi connectivity index (χ2v) is 7.74. The minimum Gasteiger partial charge on any atom is -0.408 e. The number of aromatic amines is 1. The zero-order chi connectivity index (χ0) is 16.9. The van der Waals surface area contributed by atoms with Gasteiger partial charge in [-0.15, -0.1) is 10.2 Å². The first-order valence-corrected chi connectivity index (χ1v) is 9.03. The molecule has 0 saturated heterocycles. The number of benzene rings is 1. The van der Waals surface area contributed by atoms with Crippen molar-refractivity contribution in [3.05, 3.63) is 39.6 Å². The van der Waals surface area contributed by atoms with Gasteiger partial charge in [0.25, 0.3) is 0 Å². The number of H-pyrrole nitrogens is 1. The topological polar surface area (TPSA) is 135 Å². The van der Waals surface area contributed by atoms with Gasteiger partial charge < -0.3 is 4.42 Å². The summed E-state index contributed by atoms with van der Waals surface area (Å²) in [7, 11) is -3.78. The number of nitrogens with one attached hydrogen (secondary N) is 2. The SMILES string of the molecule is Cc1nnc2sc(CNS(=O)(=O)c3ccc4[nH]c(=O)oc4c3)nn12. The fourth-order valence-corrected chi connectivity index (χ4v) is 4.07. The zero-order valence-corrected chi connectivity index (χ0v) is 13.8. The summed E-state index contributed by atoms with van der Waals surface area (Å²) in [6.45, 7) is 1.78. The van der Waals surface area contributed by atoms with Gasteiger partial charge in [-0.2, -0.15) is 9.61 Å². The highest BCUT2D eigenvalue weighted by Gasteiger charge is 2.17. The molecule has 0 aliphatic heterocycles. The Morgan fingerprint density at radius 1 is 1.38 bits per heavy atom. The molecule has 3 aromatic heterocycles. The average molecular weight is 366 g/mol. The lowest BCUT2D eigenvalue weighted by Gasteiger charge is -2.04. The molecule has 1 aromatic carbocycles. The third kappa shape index (κ3) is 2.50. The van der Waals surface area contributed by atoms with Crippen LogP contribution in [0.3, 0.4) is 0 Å². The molecule has 124 valence electrons. The highest BCUT2D eigenvalue weighted by atomic mass is 32.2. The van der Waals surface area contributed by atoms with Crippen molar-refractivity contribution in [2.24, 2.45) is 0 Å². The molecule has 0 aliphatic carbocycles. The van der Waals surface area contributed by atoms with Gasteiger partial charge in [0.05, 0.1) is 17.0 Å². The van der Waals surface area contributed by atoms with E-state index >= 15 is 0 Å². The molecule has 0 bridgehead atoms. The van der Waals surface area contributed by atoms with Crippen LogP contribution in [0.25, 0.3) is 16.1 Å². The molecule has 3 heterocycles. The Balaban J connectivity index is 1.60. The van der Waals surface area contributed by atoms with Gasteiger partial charge >= 0.3 is 5.76 Å². The van der Waals surface area contributed by atoms with Gasteiger partial charge in [-0.25, -0.2) is 17.9 Å². The van der Waals surface area contributed by atoms with Crippen LogP contribution >= 0.6 is 11.3 Å². The van der Waals surface area contributed by atoms with Crippen molar-refractivity contribution in [2.75, 3.05) is 0 Å². The smallest absolute Gasteiger partial charge is 0.408 e. The first-order chi connectivity index (χ1) is 11.4. The van der Waals surface area contributed by atoms with Gasteiger partial charge in [-0.1, -0.05) is 11.3 Å². The highest BCUT2D eigenvalue weighted by Crippen LogP contribution is 2.18. The van der Waals surface area contributed by atoms with E-state index in [4.69, 9.17) is 4.42 Å². The van der Waals surface area contributed by atoms with E-state index in [1.54, 1.807) is 11.4 Å². The Morgan fingerprint density at radius 2 is 2.21 bits per heavy atom. The van der Waals surface area contributed by atoms with Crippen molar-refractivity contribution < 1.29 is 12.8 Å². The van der Waals surface area contributed by atoms with Crippen LogP contribution in [-0.2, 0) is 16.6 Å². The monoisotopic (exact) mass is 366 g/mol. The summed E-state index contributed by atoms with van der Waals surface area (Å²) in [6.07, 6.45) is 0. The Morgan fingerprint density at radius 3 is 3.00 bits per heavy atom. The van der Waals surface area contributed by atoms with Crippen LogP contribution in [0.4, 0.5) is 0 Å². The third-order valence-electron chi connectivity index (χ3n) is 3.30. The maximum atomic E-state index is 12.4. The van der Waals surface area contributed by atoms with E-state index < -0.39 is 15.8 Å². The second kappa shape index (κ2) is 5.22. The predicted octanol–water partition coefficient (Wildman–Crippen LogP) is 0.407. The molecule has 0 radical (unpaired) electrons. The van der Waals surface area contributed by atoms with E-state index in [-0.39, 0.29) is 17.0 Å². The number of hydrogen-bond acceptors (Lipinski definition) is 8. The predicted molar refractivity (Wildman–Crippen MR) is 84.3 cm³/mol. The van der Waals surface area contributed by atoms with Gasteiger partial charge in [0.1, 0.15) is 5.01 Å². The molecule has 24 heavy (non-hydrogen) atoms. The standard InChI is InChI=1S/C12H10N6O4S2/c1-6-15-16-11-18(6)17-10(23-11)5-13-24(20,21)7-2-3-8-9(4-7)22-12(19)14-8/h2-4,13H,5H2,1H3,(H,14,19). The molecule has 0 spiro atoms. The summed E-state index contributed by atoms with van der Waals surface area (Å²) in [5.74, 6) is -0.00841. The molecule has 0 aliphatic rings. The Hall–Kier alpha value is -2.57. The van der Waals surface area contributed by atoms with Gasteiger partial charge in [0.15, 0.2) is 11.4 Å². The lowest BCUT2D eigenvalue weighted by Crippen LogP contribution is -2.23. The van der Waals surface area contributed by atoms with Crippen molar-refractivity contribution >= 4 is 37.4 Å². The Bertz CT molecular complexity index is 1220. The zero-order valence-electron chi connectivity index (χ0n) is 12.2. The first kappa shape index (κ1) is 15.0. The maximum Gasteiger partial charge on any atom is 0.417 e. The van der Waals surface area contributed by atoms with E-state index in [0.29, 0.717) is 21.3 Å². The molecule has 0 unspecified atom stereocenters. The summed E-state index contributed by atoms with van der Waals surface area (Å²) in [5, 5.41) is 12.6. The molecular weight excluding hydrogens is 356 g/mol. The van der Waals surface area contributed by atoms with E-state index in [9.17, 15) is 13.2 Å². The number of nitrogens with zero attached hydrogens (tertiary/aromatic N) is 4. The van der Waals surface area contributed by atoms with E-state index in [2.05, 4.69) is 25.0 Å². The summed E-state index contributed by atoms with van der Waals surface area (Å²) < 4.78 is 33.6. The number of oxazole rings is 1. The lowest BCUT2D eigenvalue weighted by molar-refractivity contribution is 0.553. The largest absolute Gasteiger partial charge is 0.417 e. The van der Waals surface area contributed by atoms with Crippen molar-refractivity contribution in [3.8, 4) is 0 Å². The lowest BCUT2D eigenvalue weighted by atomic mass is 10.3. The van der Waals surface area contributed by atoms with Gasteiger partial charge in [0.2, 0.25) is 15.0 Å². The molecule has 0 amide bonds. The molecule has 10 nitrogen and oxygen atoms in total. The van der Waals surface area contributed by atoms with Crippen LogP contribution in [0.15, 0.2) is 32.3 Å². The van der Waals surface area contributed by atoms with Crippen LogP contribution in [0.5, 0.6) is 0 Å². The molecular formula is C12H10N6O4S2. The molecule has 2 N–H and O–H groups in total. The van der Waals surface area contributed by atoms with Crippen molar-refractivity contribution in [1.82, 2.24) is 29.5 Å². The molecule has 0 atom stereocenters. The second-order valence-electron chi connectivity index (χ2n) is 4.93. The average Bonchev–Trinajstić information content (AvgIpc) is 3.19. The van der Waals surface area contributed by atoms with Crippen LogP contribution in [0, 0.1) is 6.92 Å². The minimum atomic E-state index is -3.78. The number of fused-ring (bicyclic) bond motifs is 2. The number of aryl methyl sites for hydroxylation is 1. The number of hydrogen-bond donors (Lipinski definition) is 2. The Kier molecular flexibility index (Phi) is 3.26. The molecule has 4 rings (SSSR count). The molecule has 12 heteroatoms. The first-order valence-electron chi connectivity index (χ1n) is 6.73. The van der Waals surface area contributed by atoms with Gasteiger partial charge in [-0.3, -0.25) is 4.98 Å². The summed E-state index contributed by atoms with van der Waals surface area (Å²) >= 11 is 1.25. The van der Waals surface area contributed by atoms with E-state index in [1.165, 1.54) is 29.5 Å². The fraction of sp³-hybridized carbons (Fsp3) is 0.167. The van der Waals surface area contributed by atoms with Gasteiger partial charge in [0, 0.05) is 6.07 Å². The summed E-state index contributed by atoms with van der Waals surface area (Å²) in [5.41, 5.74) is 0.611.